The normalized spacial score (nSPS) is 11.7. The van der Waals surface area contributed by atoms with Crippen LogP contribution in [0.4, 0.5) is 0 Å². The Morgan fingerprint density at radius 1 is 1.05 bits per heavy atom. The second kappa shape index (κ2) is 8.30. The molecule has 2 N–H and O–H groups in total. The summed E-state index contributed by atoms with van der Waals surface area (Å²) in [5.74, 6) is 0. The summed E-state index contributed by atoms with van der Waals surface area (Å²) in [5.41, 5.74) is 1.17. The molecule has 1 aromatic rings. The number of aryl methyl sites for hydroxylation is 1. The summed E-state index contributed by atoms with van der Waals surface area (Å²) in [7, 11) is -1.41. The minimum atomic E-state index is -3.34. The Kier molecular flexibility index (Phi) is 7.05. The maximum atomic E-state index is 12.0. The van der Waals surface area contributed by atoms with Crippen LogP contribution in [0, 0.1) is 0 Å². The molecule has 0 unspecified atom stereocenters. The quantitative estimate of drug-likeness (QED) is 0.681. The van der Waals surface area contributed by atoms with E-state index in [1.165, 1.54) is 5.56 Å². The molecule has 0 aliphatic heterocycles. The van der Waals surface area contributed by atoms with Gasteiger partial charge in [0.05, 0.1) is 4.90 Å². The number of unbranched alkanes of at least 4 members (excludes halogenated alkanes) is 1. The predicted molar refractivity (Wildman–Crippen MR) is 78.8 cm³/mol. The van der Waals surface area contributed by atoms with Crippen molar-refractivity contribution in [2.24, 2.45) is 0 Å². The van der Waals surface area contributed by atoms with E-state index < -0.39 is 10.0 Å². The molecule has 108 valence electrons. The number of benzene rings is 1. The van der Waals surface area contributed by atoms with E-state index in [0.717, 1.165) is 32.2 Å². The van der Waals surface area contributed by atoms with E-state index in [0.29, 0.717) is 11.4 Å². The van der Waals surface area contributed by atoms with Crippen molar-refractivity contribution in [3.05, 3.63) is 29.8 Å². The molecule has 0 radical (unpaired) electrons. The van der Waals surface area contributed by atoms with Crippen molar-refractivity contribution in [2.75, 3.05) is 20.1 Å². The van der Waals surface area contributed by atoms with Crippen LogP contribution in [0.2, 0.25) is 0 Å². The maximum absolute atomic E-state index is 12.0. The smallest absolute Gasteiger partial charge is 0.240 e. The average Bonchev–Trinajstić information content (AvgIpc) is 2.40. The van der Waals surface area contributed by atoms with E-state index in [4.69, 9.17) is 0 Å². The van der Waals surface area contributed by atoms with Gasteiger partial charge >= 0.3 is 0 Å². The molecule has 0 saturated carbocycles. The molecule has 0 saturated heterocycles. The lowest BCUT2D eigenvalue weighted by molar-refractivity contribution is 0.578. The van der Waals surface area contributed by atoms with Gasteiger partial charge in [-0.05, 0) is 50.6 Å². The van der Waals surface area contributed by atoms with Crippen LogP contribution in [0.1, 0.15) is 31.7 Å². The molecule has 4 nitrogen and oxygen atoms in total. The standard InChI is InChI=1S/C14H24N2O2S/c1-3-4-12-16-19(17,18)14-9-7-13(8-10-14)6-5-11-15-2/h7-10,15-16H,3-6,11-12H2,1-2H3. The molecular formula is C14H24N2O2S. The Morgan fingerprint density at radius 3 is 2.32 bits per heavy atom. The zero-order chi connectivity index (χ0) is 14.1. The first-order chi connectivity index (χ1) is 9.10. The van der Waals surface area contributed by atoms with Gasteiger partial charge in [-0.3, -0.25) is 0 Å². The fourth-order valence-electron chi connectivity index (χ4n) is 1.77. The predicted octanol–water partition coefficient (Wildman–Crippen LogP) is 1.92. The van der Waals surface area contributed by atoms with Gasteiger partial charge in [-0.2, -0.15) is 0 Å². The molecule has 0 heterocycles. The number of sulfonamides is 1. The maximum Gasteiger partial charge on any atom is 0.240 e. The lowest BCUT2D eigenvalue weighted by atomic mass is 10.1. The monoisotopic (exact) mass is 284 g/mol. The van der Waals surface area contributed by atoms with Crippen molar-refractivity contribution in [3.8, 4) is 0 Å². The highest BCUT2D eigenvalue weighted by Gasteiger charge is 2.12. The number of hydrogen-bond donors (Lipinski definition) is 2. The Morgan fingerprint density at radius 2 is 1.74 bits per heavy atom. The largest absolute Gasteiger partial charge is 0.320 e. The third-order valence-electron chi connectivity index (χ3n) is 2.95. The first kappa shape index (κ1) is 16.1. The third kappa shape index (κ3) is 5.72. The summed E-state index contributed by atoms with van der Waals surface area (Å²) in [5, 5.41) is 3.10. The number of hydrogen-bond acceptors (Lipinski definition) is 3. The highest BCUT2D eigenvalue weighted by molar-refractivity contribution is 7.89. The molecule has 0 aliphatic carbocycles. The second-order valence-electron chi connectivity index (χ2n) is 4.60. The summed E-state index contributed by atoms with van der Waals surface area (Å²) >= 11 is 0. The van der Waals surface area contributed by atoms with Crippen LogP contribution in [-0.2, 0) is 16.4 Å². The molecule has 0 aliphatic rings. The van der Waals surface area contributed by atoms with Crippen LogP contribution in [0.15, 0.2) is 29.2 Å². The summed E-state index contributed by atoms with van der Waals surface area (Å²) in [4.78, 5) is 0.348. The van der Waals surface area contributed by atoms with E-state index in [-0.39, 0.29) is 0 Å². The second-order valence-corrected chi connectivity index (χ2v) is 6.37. The zero-order valence-corrected chi connectivity index (χ0v) is 12.6. The zero-order valence-electron chi connectivity index (χ0n) is 11.8. The lowest BCUT2D eigenvalue weighted by Crippen LogP contribution is -2.24. The number of rotatable bonds is 9. The van der Waals surface area contributed by atoms with E-state index in [2.05, 4.69) is 10.0 Å². The van der Waals surface area contributed by atoms with Crippen molar-refractivity contribution in [1.82, 2.24) is 10.0 Å². The summed E-state index contributed by atoms with van der Waals surface area (Å²) < 4.78 is 26.5. The van der Waals surface area contributed by atoms with Crippen LogP contribution in [-0.4, -0.2) is 28.6 Å². The summed E-state index contributed by atoms with van der Waals surface area (Å²) in [6.45, 7) is 3.51. The molecule has 1 rings (SSSR count). The molecule has 19 heavy (non-hydrogen) atoms. The third-order valence-corrected chi connectivity index (χ3v) is 4.43. The van der Waals surface area contributed by atoms with E-state index in [1.807, 2.05) is 26.1 Å². The van der Waals surface area contributed by atoms with Gasteiger partial charge in [0.25, 0.3) is 0 Å². The molecule has 0 amide bonds. The minimum absolute atomic E-state index is 0.348. The molecule has 0 atom stereocenters. The van der Waals surface area contributed by atoms with Crippen molar-refractivity contribution in [3.63, 3.8) is 0 Å². The topological polar surface area (TPSA) is 58.2 Å². The molecular weight excluding hydrogens is 260 g/mol. The summed E-state index contributed by atoms with van der Waals surface area (Å²) in [6.07, 6.45) is 3.86. The molecule has 0 aromatic heterocycles. The van der Waals surface area contributed by atoms with Gasteiger partial charge in [0.2, 0.25) is 10.0 Å². The van der Waals surface area contributed by atoms with Crippen LogP contribution in [0.25, 0.3) is 0 Å². The highest BCUT2D eigenvalue weighted by atomic mass is 32.2. The van der Waals surface area contributed by atoms with E-state index >= 15 is 0 Å². The Labute approximate surface area is 116 Å². The fourth-order valence-corrected chi connectivity index (χ4v) is 2.85. The van der Waals surface area contributed by atoms with E-state index in [9.17, 15) is 8.42 Å². The van der Waals surface area contributed by atoms with Gasteiger partial charge in [0, 0.05) is 6.54 Å². The van der Waals surface area contributed by atoms with Crippen molar-refractivity contribution < 1.29 is 8.42 Å². The first-order valence-electron chi connectivity index (χ1n) is 6.83. The van der Waals surface area contributed by atoms with Crippen LogP contribution in [0.5, 0.6) is 0 Å². The van der Waals surface area contributed by atoms with Gasteiger partial charge in [-0.25, -0.2) is 13.1 Å². The minimum Gasteiger partial charge on any atom is -0.320 e. The van der Waals surface area contributed by atoms with Crippen LogP contribution >= 0.6 is 0 Å². The highest BCUT2D eigenvalue weighted by Crippen LogP contribution is 2.11. The Bertz CT molecular complexity index is 455. The Balaban J connectivity index is 2.59. The fraction of sp³-hybridized carbons (Fsp3) is 0.571. The van der Waals surface area contributed by atoms with Crippen molar-refractivity contribution >= 4 is 10.0 Å². The van der Waals surface area contributed by atoms with Gasteiger partial charge in [-0.1, -0.05) is 25.5 Å². The van der Waals surface area contributed by atoms with Gasteiger partial charge in [-0.15, -0.1) is 0 Å². The van der Waals surface area contributed by atoms with Crippen LogP contribution < -0.4 is 10.0 Å². The van der Waals surface area contributed by atoms with Gasteiger partial charge < -0.3 is 5.32 Å². The van der Waals surface area contributed by atoms with Gasteiger partial charge in [0.1, 0.15) is 0 Å². The summed E-state index contributed by atoms with van der Waals surface area (Å²) in [6, 6.07) is 7.15. The SMILES string of the molecule is CCCCNS(=O)(=O)c1ccc(CCCNC)cc1. The molecule has 1 aromatic carbocycles. The van der Waals surface area contributed by atoms with Crippen molar-refractivity contribution in [2.45, 2.75) is 37.5 Å². The van der Waals surface area contributed by atoms with Crippen LogP contribution in [0.3, 0.4) is 0 Å². The first-order valence-corrected chi connectivity index (χ1v) is 8.31. The van der Waals surface area contributed by atoms with E-state index in [1.54, 1.807) is 12.1 Å². The molecule has 0 fully saturated rings. The van der Waals surface area contributed by atoms with Crippen molar-refractivity contribution in [1.29, 1.82) is 0 Å². The molecule has 5 heteroatoms. The number of nitrogens with one attached hydrogen (secondary N) is 2. The Hall–Kier alpha value is -0.910. The average molecular weight is 284 g/mol. The van der Waals surface area contributed by atoms with Gasteiger partial charge in [0.15, 0.2) is 0 Å². The lowest BCUT2D eigenvalue weighted by Gasteiger charge is -2.07. The molecule has 0 bridgehead atoms. The molecule has 0 spiro atoms.